The van der Waals surface area contributed by atoms with Crippen LogP contribution in [0.1, 0.15) is 11.4 Å². The van der Waals surface area contributed by atoms with Gasteiger partial charge in [0.05, 0.1) is 17.8 Å². The lowest BCUT2D eigenvalue weighted by Gasteiger charge is -2.18. The molecule has 1 aliphatic carbocycles. The van der Waals surface area contributed by atoms with Gasteiger partial charge in [-0.1, -0.05) is 5.21 Å². The molecule has 1 aromatic heterocycles. The van der Waals surface area contributed by atoms with Crippen molar-refractivity contribution in [2.75, 3.05) is 0 Å². The van der Waals surface area contributed by atoms with Gasteiger partial charge in [-0.3, -0.25) is 5.10 Å². The van der Waals surface area contributed by atoms with Gasteiger partial charge in [-0.05, 0) is 12.2 Å². The van der Waals surface area contributed by atoms with Crippen molar-refractivity contribution in [3.8, 4) is 0 Å². The summed E-state index contributed by atoms with van der Waals surface area (Å²) >= 11 is 0. The highest BCUT2D eigenvalue weighted by Crippen LogP contribution is 2.19. The second kappa shape index (κ2) is 1.90. The Bertz CT molecular complexity index is 303. The van der Waals surface area contributed by atoms with E-state index >= 15 is 0 Å². The topological polar surface area (TPSA) is 82.0 Å². The Morgan fingerprint density at radius 3 is 3.18 bits per heavy atom. The molecule has 0 aliphatic heterocycles. The number of rotatable bonds is 0. The summed E-state index contributed by atoms with van der Waals surface area (Å²) in [6.07, 6.45) is 2.95. The molecule has 0 spiro atoms. The minimum atomic E-state index is -1.76. The molecule has 11 heavy (non-hydrogen) atoms. The number of hydrogen-bond donors (Lipinski definition) is 3. The zero-order valence-electron chi connectivity index (χ0n) is 5.65. The van der Waals surface area contributed by atoms with Crippen LogP contribution < -0.4 is 0 Å². The zero-order chi connectivity index (χ0) is 7.90. The molecule has 1 aliphatic rings. The number of aliphatic hydroxyl groups is 2. The van der Waals surface area contributed by atoms with Crippen LogP contribution in [-0.2, 0) is 6.42 Å². The first-order valence-electron chi connectivity index (χ1n) is 3.21. The second-order valence-electron chi connectivity index (χ2n) is 2.56. The summed E-state index contributed by atoms with van der Waals surface area (Å²) in [7, 11) is 0. The first-order valence-corrected chi connectivity index (χ1v) is 3.21. The molecule has 0 atom stereocenters. The Kier molecular flexibility index (Phi) is 1.12. The highest BCUT2D eigenvalue weighted by Gasteiger charge is 2.26. The molecule has 58 valence electrons. The summed E-state index contributed by atoms with van der Waals surface area (Å²) in [5, 5.41) is 28.1. The predicted molar refractivity (Wildman–Crippen MR) is 36.3 cm³/mol. The average Bonchev–Trinajstić information content (AvgIpc) is 2.31. The minimum Gasteiger partial charge on any atom is -0.362 e. The molecule has 1 aromatic rings. The monoisotopic (exact) mass is 153 g/mol. The number of nitrogens with one attached hydrogen (secondary N) is 1. The number of fused-ring (bicyclic) bond motifs is 1. The Labute approximate surface area is 62.4 Å². The van der Waals surface area contributed by atoms with Crippen LogP contribution in [0.3, 0.4) is 0 Å². The molecule has 0 saturated carbocycles. The van der Waals surface area contributed by atoms with E-state index in [0.29, 0.717) is 5.69 Å². The summed E-state index contributed by atoms with van der Waals surface area (Å²) in [6.45, 7) is 0. The lowest BCUT2D eigenvalue weighted by Crippen LogP contribution is -2.30. The van der Waals surface area contributed by atoms with Crippen molar-refractivity contribution in [3.05, 3.63) is 17.5 Å². The Hall–Kier alpha value is -1.20. The van der Waals surface area contributed by atoms with Gasteiger partial charge < -0.3 is 10.2 Å². The zero-order valence-corrected chi connectivity index (χ0v) is 5.65. The third-order valence-corrected chi connectivity index (χ3v) is 1.60. The molecule has 3 N–H and O–H groups in total. The van der Waals surface area contributed by atoms with E-state index in [0.717, 1.165) is 5.69 Å². The van der Waals surface area contributed by atoms with E-state index in [4.69, 9.17) is 10.2 Å². The summed E-state index contributed by atoms with van der Waals surface area (Å²) in [5.74, 6) is -1.76. The smallest absolute Gasteiger partial charge is 0.188 e. The number of nitrogens with zero attached hydrogens (tertiary/aromatic N) is 2. The predicted octanol–water partition coefficient (Wildman–Crippen LogP) is -0.945. The van der Waals surface area contributed by atoms with Crippen LogP contribution in [0.2, 0.25) is 0 Å². The number of aromatic amines is 1. The van der Waals surface area contributed by atoms with Gasteiger partial charge in [-0.2, -0.15) is 0 Å². The Morgan fingerprint density at radius 1 is 1.55 bits per heavy atom. The summed E-state index contributed by atoms with van der Waals surface area (Å²) in [4.78, 5) is 0. The summed E-state index contributed by atoms with van der Waals surface area (Å²) in [5.41, 5.74) is 1.32. The van der Waals surface area contributed by atoms with Crippen molar-refractivity contribution >= 4 is 6.08 Å². The van der Waals surface area contributed by atoms with Gasteiger partial charge in [0, 0.05) is 0 Å². The molecule has 0 aromatic carbocycles. The molecule has 5 nitrogen and oxygen atoms in total. The van der Waals surface area contributed by atoms with Crippen LogP contribution in [0.4, 0.5) is 0 Å². The van der Waals surface area contributed by atoms with Crippen molar-refractivity contribution in [1.29, 1.82) is 0 Å². The Balaban J connectivity index is 2.44. The molecule has 0 amide bonds. The van der Waals surface area contributed by atoms with E-state index in [1.54, 1.807) is 6.08 Å². The first-order chi connectivity index (χ1) is 5.17. The van der Waals surface area contributed by atoms with Crippen molar-refractivity contribution in [3.63, 3.8) is 0 Å². The van der Waals surface area contributed by atoms with Gasteiger partial charge in [-0.25, -0.2) is 0 Å². The van der Waals surface area contributed by atoms with Crippen LogP contribution in [-0.4, -0.2) is 31.4 Å². The van der Waals surface area contributed by atoms with Gasteiger partial charge in [0.25, 0.3) is 0 Å². The lowest BCUT2D eigenvalue weighted by atomic mass is 10.0. The van der Waals surface area contributed by atoms with Crippen molar-refractivity contribution in [2.45, 2.75) is 12.2 Å². The maximum absolute atomic E-state index is 9.13. The molecule has 5 heteroatoms. The molecule has 0 bridgehead atoms. The van der Waals surface area contributed by atoms with Gasteiger partial charge in [-0.15, -0.1) is 5.10 Å². The van der Waals surface area contributed by atoms with Gasteiger partial charge in [0.15, 0.2) is 5.79 Å². The molecule has 0 fully saturated rings. The molecular formula is C6H7N3O2. The number of aromatic nitrogens is 3. The molecule has 0 unspecified atom stereocenters. The van der Waals surface area contributed by atoms with Crippen LogP contribution in [0, 0.1) is 0 Å². The number of hydrogen-bond acceptors (Lipinski definition) is 4. The van der Waals surface area contributed by atoms with E-state index < -0.39 is 5.79 Å². The van der Waals surface area contributed by atoms with E-state index in [1.165, 1.54) is 6.08 Å². The first kappa shape index (κ1) is 6.51. The van der Waals surface area contributed by atoms with E-state index in [9.17, 15) is 0 Å². The molecule has 0 saturated heterocycles. The van der Waals surface area contributed by atoms with Crippen molar-refractivity contribution in [1.82, 2.24) is 15.4 Å². The van der Waals surface area contributed by atoms with Crippen LogP contribution in [0.15, 0.2) is 6.08 Å². The molecule has 1 heterocycles. The van der Waals surface area contributed by atoms with Crippen molar-refractivity contribution in [2.24, 2.45) is 0 Å². The third-order valence-electron chi connectivity index (χ3n) is 1.60. The quantitative estimate of drug-likeness (QED) is 0.420. The maximum Gasteiger partial charge on any atom is 0.188 e. The summed E-state index contributed by atoms with van der Waals surface area (Å²) in [6, 6.07) is 0. The van der Waals surface area contributed by atoms with Crippen LogP contribution >= 0.6 is 0 Å². The largest absolute Gasteiger partial charge is 0.362 e. The fraction of sp³-hybridized carbons (Fsp3) is 0.333. The standard InChI is InChI=1S/C6H7N3O2/c10-6(11)2-1-4-5(3-6)8-9-7-4/h1-2,10-11H,3H2,(H,7,8,9). The van der Waals surface area contributed by atoms with E-state index in [1.807, 2.05) is 0 Å². The van der Waals surface area contributed by atoms with Crippen LogP contribution in [0.25, 0.3) is 6.08 Å². The average molecular weight is 153 g/mol. The third kappa shape index (κ3) is 1.04. The molecular weight excluding hydrogens is 146 g/mol. The fourth-order valence-electron chi connectivity index (χ4n) is 1.04. The fourth-order valence-corrected chi connectivity index (χ4v) is 1.04. The SMILES string of the molecule is OC1(O)C=Cc2[nH]nnc2C1. The Morgan fingerprint density at radius 2 is 2.36 bits per heavy atom. The van der Waals surface area contributed by atoms with Gasteiger partial charge in [0.2, 0.25) is 0 Å². The highest BCUT2D eigenvalue weighted by atomic mass is 16.5. The molecule has 2 rings (SSSR count). The minimum absolute atomic E-state index is 0.0926. The highest BCUT2D eigenvalue weighted by molar-refractivity contribution is 5.51. The van der Waals surface area contributed by atoms with Gasteiger partial charge >= 0.3 is 0 Å². The van der Waals surface area contributed by atoms with Gasteiger partial charge in [0.1, 0.15) is 0 Å². The van der Waals surface area contributed by atoms with Crippen LogP contribution in [0.5, 0.6) is 0 Å². The normalized spacial score (nSPS) is 19.8. The summed E-state index contributed by atoms with van der Waals surface area (Å²) < 4.78 is 0. The second-order valence-corrected chi connectivity index (χ2v) is 2.56. The van der Waals surface area contributed by atoms with E-state index in [2.05, 4.69) is 15.4 Å². The van der Waals surface area contributed by atoms with Crippen molar-refractivity contribution < 1.29 is 10.2 Å². The number of H-pyrrole nitrogens is 1. The van der Waals surface area contributed by atoms with E-state index in [-0.39, 0.29) is 6.42 Å². The maximum atomic E-state index is 9.13. The molecule has 0 radical (unpaired) electrons. The lowest BCUT2D eigenvalue weighted by molar-refractivity contribution is -0.117.